The second-order valence-electron chi connectivity index (χ2n) is 3.93. The first-order valence-corrected chi connectivity index (χ1v) is 5.44. The minimum atomic E-state index is -1.39. The van der Waals surface area contributed by atoms with Gasteiger partial charge >= 0.3 is 0 Å². The highest BCUT2D eigenvalue weighted by Crippen LogP contribution is 2.27. The summed E-state index contributed by atoms with van der Waals surface area (Å²) in [7, 11) is 0. The van der Waals surface area contributed by atoms with Gasteiger partial charge in [-0.15, -0.1) is 0 Å². The van der Waals surface area contributed by atoms with Gasteiger partial charge in [-0.3, -0.25) is 4.74 Å². The second kappa shape index (κ2) is 4.57. The molecule has 0 aromatic rings. The van der Waals surface area contributed by atoms with Crippen molar-refractivity contribution in [3.8, 4) is 0 Å². The van der Waals surface area contributed by atoms with E-state index in [0.29, 0.717) is 13.0 Å². The molecule has 0 aromatic carbocycles. The van der Waals surface area contributed by atoms with E-state index in [4.69, 9.17) is 14.2 Å². The molecule has 2 unspecified atom stereocenters. The molecule has 0 aromatic heterocycles. The van der Waals surface area contributed by atoms with Crippen LogP contribution in [0.15, 0.2) is 0 Å². The molecule has 0 spiro atoms. The minimum Gasteiger partial charge on any atom is -0.352 e. The van der Waals surface area contributed by atoms with E-state index in [-0.39, 0.29) is 6.29 Å². The molecule has 82 valence electrons. The molecule has 2 aliphatic rings. The summed E-state index contributed by atoms with van der Waals surface area (Å²) in [5.74, 6) is -1.39. The molecule has 2 aliphatic heterocycles. The molecular weight excluding hydrogens is 184 g/mol. The Morgan fingerprint density at radius 2 is 2.00 bits per heavy atom. The molecule has 4 heteroatoms. The predicted octanol–water partition coefficient (Wildman–Crippen LogP) is 1.38. The molecule has 0 radical (unpaired) electrons. The maximum Gasteiger partial charge on any atom is 0.282 e. The van der Waals surface area contributed by atoms with Crippen LogP contribution in [0.5, 0.6) is 0 Å². The van der Waals surface area contributed by atoms with Crippen molar-refractivity contribution in [1.82, 2.24) is 0 Å². The zero-order valence-corrected chi connectivity index (χ0v) is 8.41. The summed E-state index contributed by atoms with van der Waals surface area (Å²) in [6, 6.07) is 0. The predicted molar refractivity (Wildman–Crippen MR) is 49.4 cm³/mol. The third kappa shape index (κ3) is 2.67. The van der Waals surface area contributed by atoms with Gasteiger partial charge < -0.3 is 14.6 Å². The van der Waals surface area contributed by atoms with Gasteiger partial charge in [0, 0.05) is 13.0 Å². The van der Waals surface area contributed by atoms with Crippen LogP contribution in [0.1, 0.15) is 38.5 Å². The van der Waals surface area contributed by atoms with Gasteiger partial charge in [-0.05, 0) is 32.1 Å². The Hall–Kier alpha value is -0.160. The molecule has 1 N–H and O–H groups in total. The highest BCUT2D eigenvalue weighted by atomic mass is 16.9. The smallest absolute Gasteiger partial charge is 0.282 e. The van der Waals surface area contributed by atoms with Crippen LogP contribution in [0.3, 0.4) is 0 Å². The molecule has 0 bridgehead atoms. The van der Waals surface area contributed by atoms with E-state index < -0.39 is 5.97 Å². The highest BCUT2D eigenvalue weighted by Gasteiger charge is 2.35. The van der Waals surface area contributed by atoms with Crippen molar-refractivity contribution >= 4 is 0 Å². The quantitative estimate of drug-likeness (QED) is 0.687. The van der Waals surface area contributed by atoms with E-state index in [1.54, 1.807) is 0 Å². The number of rotatable bonds is 2. The Morgan fingerprint density at radius 3 is 2.64 bits per heavy atom. The first kappa shape index (κ1) is 10.4. The van der Waals surface area contributed by atoms with Gasteiger partial charge in [-0.2, -0.15) is 0 Å². The van der Waals surface area contributed by atoms with Crippen molar-refractivity contribution in [1.29, 1.82) is 0 Å². The first-order valence-electron chi connectivity index (χ1n) is 5.44. The van der Waals surface area contributed by atoms with Crippen LogP contribution in [0.25, 0.3) is 0 Å². The first-order chi connectivity index (χ1) is 6.79. The molecule has 0 saturated carbocycles. The topological polar surface area (TPSA) is 47.9 Å². The van der Waals surface area contributed by atoms with E-state index >= 15 is 0 Å². The third-order valence-electron chi connectivity index (χ3n) is 2.67. The standard InChI is InChI=1S/C10H18O4/c11-10(6-2-4-8-13-10)14-9-5-1-3-7-12-9/h9,11H,1-8H2. The maximum atomic E-state index is 9.90. The maximum absolute atomic E-state index is 9.90. The van der Waals surface area contributed by atoms with Gasteiger partial charge in [0.25, 0.3) is 5.97 Å². The molecule has 2 saturated heterocycles. The molecular formula is C10H18O4. The summed E-state index contributed by atoms with van der Waals surface area (Å²) in [4.78, 5) is 0. The number of ether oxygens (including phenoxy) is 3. The van der Waals surface area contributed by atoms with Crippen LogP contribution in [0, 0.1) is 0 Å². The van der Waals surface area contributed by atoms with E-state index in [2.05, 4.69) is 0 Å². The lowest BCUT2D eigenvalue weighted by molar-refractivity contribution is -0.416. The van der Waals surface area contributed by atoms with E-state index in [1.165, 1.54) is 0 Å². The highest BCUT2D eigenvalue weighted by molar-refractivity contribution is 4.64. The van der Waals surface area contributed by atoms with Gasteiger partial charge in [-0.25, -0.2) is 0 Å². The average molecular weight is 202 g/mol. The van der Waals surface area contributed by atoms with Crippen molar-refractivity contribution in [3.05, 3.63) is 0 Å². The summed E-state index contributed by atoms with van der Waals surface area (Å²) in [6.07, 6.45) is 5.24. The molecule has 0 aliphatic carbocycles. The fourth-order valence-electron chi connectivity index (χ4n) is 1.86. The SMILES string of the molecule is OC1(OC2CCCCO2)CCCCO1. The summed E-state index contributed by atoms with van der Waals surface area (Å²) in [5.41, 5.74) is 0. The van der Waals surface area contributed by atoms with Gasteiger partial charge in [0.2, 0.25) is 0 Å². The lowest BCUT2D eigenvalue weighted by Crippen LogP contribution is -2.43. The average Bonchev–Trinajstić information content (AvgIpc) is 2.19. The summed E-state index contributed by atoms with van der Waals surface area (Å²) in [6.45, 7) is 1.30. The molecule has 14 heavy (non-hydrogen) atoms. The molecule has 2 heterocycles. The normalized spacial score (nSPS) is 39.6. The Labute approximate surface area is 84.1 Å². The third-order valence-corrected chi connectivity index (χ3v) is 2.67. The summed E-state index contributed by atoms with van der Waals surface area (Å²) >= 11 is 0. The monoisotopic (exact) mass is 202 g/mol. The fraction of sp³-hybridized carbons (Fsp3) is 1.00. The van der Waals surface area contributed by atoms with Crippen LogP contribution in [0.4, 0.5) is 0 Å². The molecule has 2 rings (SSSR count). The molecule has 2 atom stereocenters. The van der Waals surface area contributed by atoms with Crippen LogP contribution in [0.2, 0.25) is 0 Å². The Kier molecular flexibility index (Phi) is 3.38. The lowest BCUT2D eigenvalue weighted by Gasteiger charge is -2.35. The van der Waals surface area contributed by atoms with Crippen molar-refractivity contribution in [2.75, 3.05) is 13.2 Å². The zero-order chi connectivity index (χ0) is 9.86. The number of aliphatic hydroxyl groups is 1. The van der Waals surface area contributed by atoms with Crippen LogP contribution >= 0.6 is 0 Å². The fourth-order valence-corrected chi connectivity index (χ4v) is 1.86. The zero-order valence-electron chi connectivity index (χ0n) is 8.41. The Bertz CT molecular complexity index is 171. The van der Waals surface area contributed by atoms with Gasteiger partial charge in [-0.1, -0.05) is 0 Å². The lowest BCUT2D eigenvalue weighted by atomic mass is 10.1. The van der Waals surface area contributed by atoms with Gasteiger partial charge in [0.15, 0.2) is 6.29 Å². The van der Waals surface area contributed by atoms with E-state index in [0.717, 1.165) is 38.7 Å². The Balaban J connectivity index is 1.81. The number of hydrogen-bond acceptors (Lipinski definition) is 4. The van der Waals surface area contributed by atoms with Crippen LogP contribution < -0.4 is 0 Å². The van der Waals surface area contributed by atoms with E-state index in [9.17, 15) is 5.11 Å². The molecule has 4 nitrogen and oxygen atoms in total. The van der Waals surface area contributed by atoms with Crippen molar-refractivity contribution in [2.45, 2.75) is 50.8 Å². The largest absolute Gasteiger partial charge is 0.352 e. The van der Waals surface area contributed by atoms with Gasteiger partial charge in [0.1, 0.15) is 0 Å². The van der Waals surface area contributed by atoms with Crippen LogP contribution in [-0.2, 0) is 14.2 Å². The Morgan fingerprint density at radius 1 is 1.14 bits per heavy atom. The summed E-state index contributed by atoms with van der Waals surface area (Å²) < 4.78 is 16.0. The van der Waals surface area contributed by atoms with Crippen LogP contribution in [-0.4, -0.2) is 30.6 Å². The minimum absolute atomic E-state index is 0.285. The van der Waals surface area contributed by atoms with Crippen molar-refractivity contribution in [2.24, 2.45) is 0 Å². The molecule has 2 fully saturated rings. The van der Waals surface area contributed by atoms with Crippen molar-refractivity contribution < 1.29 is 19.3 Å². The van der Waals surface area contributed by atoms with E-state index in [1.807, 2.05) is 0 Å². The van der Waals surface area contributed by atoms with Gasteiger partial charge in [0.05, 0.1) is 6.61 Å². The second-order valence-corrected chi connectivity index (χ2v) is 3.93. The molecule has 0 amide bonds. The number of hydrogen-bond donors (Lipinski definition) is 1. The van der Waals surface area contributed by atoms with Crippen molar-refractivity contribution in [3.63, 3.8) is 0 Å². The summed E-state index contributed by atoms with van der Waals surface area (Å²) in [5, 5.41) is 9.90.